The molecule has 0 aliphatic carbocycles. The van der Waals surface area contributed by atoms with Crippen LogP contribution in [0.4, 0.5) is 0 Å². The molecule has 0 fully saturated rings. The summed E-state index contributed by atoms with van der Waals surface area (Å²) in [6, 6.07) is 7.79. The van der Waals surface area contributed by atoms with Crippen molar-refractivity contribution in [3.05, 3.63) is 36.1 Å². The van der Waals surface area contributed by atoms with Crippen LogP contribution in [0.3, 0.4) is 0 Å². The van der Waals surface area contributed by atoms with Crippen LogP contribution in [0.2, 0.25) is 0 Å². The van der Waals surface area contributed by atoms with Crippen molar-refractivity contribution >= 4 is 29.3 Å². The summed E-state index contributed by atoms with van der Waals surface area (Å²) in [4.78, 5) is 12.0. The SMILES string of the molecule is CCN[C@H](C)CNC(=O)c1coc2ccccc12.Cl. The number of halogens is 1. The van der Waals surface area contributed by atoms with Crippen LogP contribution in [0.15, 0.2) is 34.9 Å². The van der Waals surface area contributed by atoms with E-state index in [2.05, 4.69) is 10.6 Å². The van der Waals surface area contributed by atoms with Gasteiger partial charge in [0.2, 0.25) is 0 Å². The van der Waals surface area contributed by atoms with Crippen LogP contribution in [-0.4, -0.2) is 25.0 Å². The maximum Gasteiger partial charge on any atom is 0.255 e. The third kappa shape index (κ3) is 3.72. The summed E-state index contributed by atoms with van der Waals surface area (Å²) >= 11 is 0. The molecule has 0 radical (unpaired) electrons. The van der Waals surface area contributed by atoms with E-state index in [1.165, 1.54) is 6.26 Å². The number of para-hydroxylation sites is 1. The normalized spacial score (nSPS) is 11.9. The van der Waals surface area contributed by atoms with Crippen LogP contribution in [-0.2, 0) is 0 Å². The minimum absolute atomic E-state index is 0. The smallest absolute Gasteiger partial charge is 0.255 e. The van der Waals surface area contributed by atoms with Crippen molar-refractivity contribution in [1.82, 2.24) is 10.6 Å². The van der Waals surface area contributed by atoms with Crippen LogP contribution >= 0.6 is 12.4 Å². The Balaban J connectivity index is 0.00000180. The van der Waals surface area contributed by atoms with Gasteiger partial charge in [0.1, 0.15) is 11.8 Å². The van der Waals surface area contributed by atoms with Gasteiger partial charge in [0.25, 0.3) is 5.91 Å². The number of fused-ring (bicyclic) bond motifs is 1. The van der Waals surface area contributed by atoms with Crippen LogP contribution in [0.5, 0.6) is 0 Å². The monoisotopic (exact) mass is 282 g/mol. The van der Waals surface area contributed by atoms with Gasteiger partial charge in [-0.1, -0.05) is 25.1 Å². The van der Waals surface area contributed by atoms with E-state index >= 15 is 0 Å². The highest BCUT2D eigenvalue weighted by molar-refractivity contribution is 6.05. The Labute approximate surface area is 119 Å². The fourth-order valence-electron chi connectivity index (χ4n) is 1.92. The molecule has 0 saturated heterocycles. The van der Waals surface area contributed by atoms with Gasteiger partial charge in [-0.2, -0.15) is 0 Å². The Morgan fingerprint density at radius 2 is 2.11 bits per heavy atom. The van der Waals surface area contributed by atoms with Gasteiger partial charge in [-0.25, -0.2) is 0 Å². The molecule has 2 rings (SSSR count). The standard InChI is InChI=1S/C14H18N2O2.ClH/c1-3-15-10(2)8-16-14(17)12-9-18-13-7-5-4-6-11(12)13;/h4-7,9-10,15H,3,8H2,1-2H3,(H,16,17);1H/t10-;/m1./s1. The van der Waals surface area contributed by atoms with Crippen molar-refractivity contribution in [3.63, 3.8) is 0 Å². The van der Waals surface area contributed by atoms with Crippen molar-refractivity contribution in [2.24, 2.45) is 0 Å². The summed E-state index contributed by atoms with van der Waals surface area (Å²) < 4.78 is 5.35. The predicted octanol–water partition coefficient (Wildman–Crippen LogP) is 2.58. The molecule has 104 valence electrons. The number of rotatable bonds is 5. The molecule has 4 nitrogen and oxygen atoms in total. The zero-order valence-corrected chi connectivity index (χ0v) is 11.9. The molecule has 1 heterocycles. The van der Waals surface area contributed by atoms with Crippen LogP contribution in [0, 0.1) is 0 Å². The number of amides is 1. The molecule has 0 saturated carbocycles. The van der Waals surface area contributed by atoms with Gasteiger partial charge in [-0.05, 0) is 19.5 Å². The second-order valence-electron chi connectivity index (χ2n) is 4.31. The topological polar surface area (TPSA) is 54.3 Å². The summed E-state index contributed by atoms with van der Waals surface area (Å²) in [5.74, 6) is -0.0929. The first-order valence-electron chi connectivity index (χ1n) is 6.20. The molecule has 2 aromatic rings. The average Bonchev–Trinajstić information content (AvgIpc) is 2.80. The minimum Gasteiger partial charge on any atom is -0.463 e. The molecule has 5 heteroatoms. The van der Waals surface area contributed by atoms with E-state index in [1.54, 1.807) is 0 Å². The zero-order valence-electron chi connectivity index (χ0n) is 11.1. The van der Waals surface area contributed by atoms with Crippen molar-refractivity contribution < 1.29 is 9.21 Å². The van der Waals surface area contributed by atoms with Crippen molar-refractivity contribution in [2.75, 3.05) is 13.1 Å². The Hall–Kier alpha value is -1.52. The Kier molecular flexibility index (Phi) is 5.86. The van der Waals surface area contributed by atoms with Crippen LogP contribution in [0.25, 0.3) is 11.0 Å². The Morgan fingerprint density at radius 3 is 2.84 bits per heavy atom. The maximum atomic E-state index is 12.0. The minimum atomic E-state index is -0.0929. The Morgan fingerprint density at radius 1 is 1.37 bits per heavy atom. The highest BCUT2D eigenvalue weighted by Gasteiger charge is 2.13. The largest absolute Gasteiger partial charge is 0.463 e. The van der Waals surface area contributed by atoms with Gasteiger partial charge in [0.05, 0.1) is 5.56 Å². The lowest BCUT2D eigenvalue weighted by molar-refractivity contribution is 0.0951. The van der Waals surface area contributed by atoms with Crippen molar-refractivity contribution in [2.45, 2.75) is 19.9 Å². The van der Waals surface area contributed by atoms with Gasteiger partial charge < -0.3 is 15.1 Å². The molecule has 0 aliphatic rings. The fourth-order valence-corrected chi connectivity index (χ4v) is 1.92. The average molecular weight is 283 g/mol. The van der Waals surface area contributed by atoms with E-state index in [-0.39, 0.29) is 24.4 Å². The summed E-state index contributed by atoms with van der Waals surface area (Å²) in [6.45, 7) is 5.58. The van der Waals surface area contributed by atoms with E-state index < -0.39 is 0 Å². The number of carbonyl (C=O) groups is 1. The molecule has 0 spiro atoms. The molecule has 1 amide bonds. The number of nitrogens with one attached hydrogen (secondary N) is 2. The number of carbonyl (C=O) groups excluding carboxylic acids is 1. The third-order valence-electron chi connectivity index (χ3n) is 2.85. The summed E-state index contributed by atoms with van der Waals surface area (Å²) in [7, 11) is 0. The van der Waals surface area contributed by atoms with Crippen molar-refractivity contribution in [1.29, 1.82) is 0 Å². The lowest BCUT2D eigenvalue weighted by Crippen LogP contribution is -2.38. The Bertz CT molecular complexity index is 539. The van der Waals surface area contributed by atoms with E-state index in [9.17, 15) is 4.79 Å². The number of furan rings is 1. The van der Waals surface area contributed by atoms with Crippen molar-refractivity contribution in [3.8, 4) is 0 Å². The molecule has 19 heavy (non-hydrogen) atoms. The number of benzene rings is 1. The summed E-state index contributed by atoms with van der Waals surface area (Å²) in [6.07, 6.45) is 1.51. The molecule has 0 unspecified atom stereocenters. The molecule has 1 aromatic heterocycles. The molecule has 1 atom stereocenters. The van der Waals surface area contributed by atoms with Gasteiger partial charge in [-0.15, -0.1) is 12.4 Å². The lowest BCUT2D eigenvalue weighted by atomic mass is 10.1. The summed E-state index contributed by atoms with van der Waals surface area (Å²) in [5, 5.41) is 7.00. The first-order valence-corrected chi connectivity index (χ1v) is 6.20. The molecule has 1 aromatic carbocycles. The quantitative estimate of drug-likeness (QED) is 0.886. The van der Waals surface area contributed by atoms with Crippen LogP contribution < -0.4 is 10.6 Å². The van der Waals surface area contributed by atoms with Gasteiger partial charge >= 0.3 is 0 Å². The second kappa shape index (κ2) is 7.16. The summed E-state index contributed by atoms with van der Waals surface area (Å²) in [5.41, 5.74) is 1.33. The van der Waals surface area contributed by atoms with Gasteiger partial charge in [0.15, 0.2) is 0 Å². The molecule has 2 N–H and O–H groups in total. The molecular weight excluding hydrogens is 264 g/mol. The van der Waals surface area contributed by atoms with E-state index in [4.69, 9.17) is 4.42 Å². The van der Waals surface area contributed by atoms with Gasteiger partial charge in [-0.3, -0.25) is 4.79 Å². The first-order chi connectivity index (χ1) is 8.72. The van der Waals surface area contributed by atoms with Gasteiger partial charge in [0, 0.05) is 18.0 Å². The number of hydrogen-bond acceptors (Lipinski definition) is 3. The number of likely N-dealkylation sites (N-methyl/N-ethyl adjacent to an activating group) is 1. The number of hydrogen-bond donors (Lipinski definition) is 2. The van der Waals surface area contributed by atoms with E-state index in [0.29, 0.717) is 12.1 Å². The van der Waals surface area contributed by atoms with E-state index in [1.807, 2.05) is 38.1 Å². The predicted molar refractivity (Wildman–Crippen MR) is 78.9 cm³/mol. The maximum absolute atomic E-state index is 12.0. The van der Waals surface area contributed by atoms with E-state index in [0.717, 1.165) is 17.5 Å². The lowest BCUT2D eigenvalue weighted by Gasteiger charge is -2.12. The second-order valence-corrected chi connectivity index (χ2v) is 4.31. The molecular formula is C14H19ClN2O2. The molecule has 0 bridgehead atoms. The highest BCUT2D eigenvalue weighted by Crippen LogP contribution is 2.20. The highest BCUT2D eigenvalue weighted by atomic mass is 35.5. The molecule has 0 aliphatic heterocycles. The first kappa shape index (κ1) is 15.5. The third-order valence-corrected chi connectivity index (χ3v) is 2.85. The fraction of sp³-hybridized carbons (Fsp3) is 0.357. The van der Waals surface area contributed by atoms with Crippen LogP contribution in [0.1, 0.15) is 24.2 Å². The zero-order chi connectivity index (χ0) is 13.0.